The van der Waals surface area contributed by atoms with E-state index in [1.54, 1.807) is 0 Å². The summed E-state index contributed by atoms with van der Waals surface area (Å²) in [7, 11) is 0. The van der Waals surface area contributed by atoms with Crippen molar-refractivity contribution in [1.29, 1.82) is 0 Å². The van der Waals surface area contributed by atoms with E-state index in [-0.39, 0.29) is 22.8 Å². The van der Waals surface area contributed by atoms with Crippen LogP contribution in [0.5, 0.6) is 0 Å². The molecule has 1 unspecified atom stereocenters. The molecule has 18 heteroatoms. The van der Waals surface area contributed by atoms with Crippen LogP contribution in [-0.4, -0.2) is 35.1 Å². The molecule has 0 radical (unpaired) electrons. The molecule has 41 heavy (non-hydrogen) atoms. The van der Waals surface area contributed by atoms with E-state index in [0.29, 0.717) is 0 Å². The van der Waals surface area contributed by atoms with E-state index in [1.165, 1.54) is 63.5 Å². The number of carbonyl (C=O) groups excluding carboxylic acids is 2. The monoisotopic (exact) mass is 839 g/mol. The highest BCUT2D eigenvalue weighted by Crippen LogP contribution is 2.58. The Kier molecular flexibility index (Phi) is 9.44. The van der Waals surface area contributed by atoms with Crippen LogP contribution in [0, 0.1) is 13.0 Å². The number of anilines is 2. The summed E-state index contributed by atoms with van der Waals surface area (Å²) in [4.78, 5) is 28.9. The normalized spacial score (nSPS) is 13.9. The molecule has 2 N–H and O–H groups in total. The molecule has 2 aromatic carbocycles. The Bertz CT molecular complexity index is 1490. The van der Waals surface area contributed by atoms with Crippen molar-refractivity contribution in [2.45, 2.75) is 23.9 Å². The Morgan fingerprint density at radius 2 is 1.32 bits per heavy atom. The predicted molar refractivity (Wildman–Crippen MR) is 143 cm³/mol. The zero-order valence-electron chi connectivity index (χ0n) is 19.3. The summed E-state index contributed by atoms with van der Waals surface area (Å²) in [6.45, 7) is 0. The molecule has 3 rings (SSSR count). The standard InChI is InChI=1S/C23H10ClF10I2N3O2/c24-17-11(4-2-6-37-17)19(41)38-14-5-1-3-10(15(14)25)18(40)39-16-12(35)7-9(8-13(16)36)20(26,22(29,30)31)21(27,28)23(32,33)34/h1-8H,(H,38,41)(H,39,40). The quantitative estimate of drug-likeness (QED) is 0.149. The summed E-state index contributed by atoms with van der Waals surface area (Å²) in [5.41, 5.74) is -10.1. The molecule has 1 atom stereocenters. The number of hydrogen-bond donors (Lipinski definition) is 2. The van der Waals surface area contributed by atoms with E-state index in [9.17, 15) is 49.1 Å². The third kappa shape index (κ3) is 6.20. The van der Waals surface area contributed by atoms with Gasteiger partial charge in [0.2, 0.25) is 0 Å². The van der Waals surface area contributed by atoms with E-state index in [4.69, 9.17) is 11.6 Å². The molecule has 0 bridgehead atoms. The molecule has 0 aliphatic rings. The predicted octanol–water partition coefficient (Wildman–Crippen LogP) is 8.51. The fourth-order valence-corrected chi connectivity index (χ4v) is 5.58. The average Bonchev–Trinajstić information content (AvgIpc) is 2.85. The van der Waals surface area contributed by atoms with Crippen molar-refractivity contribution in [3.05, 3.63) is 83.5 Å². The van der Waals surface area contributed by atoms with Gasteiger partial charge in [0.15, 0.2) is 5.82 Å². The van der Waals surface area contributed by atoms with E-state index < -0.39 is 71.2 Å². The Morgan fingerprint density at radius 3 is 1.83 bits per heavy atom. The lowest BCUT2D eigenvalue weighted by molar-refractivity contribution is -0.389. The van der Waals surface area contributed by atoms with Crippen LogP contribution < -0.4 is 10.6 Å². The molecule has 0 saturated heterocycles. The number of halogens is 13. The molecule has 0 fully saturated rings. The third-order valence-corrected chi connectivity index (χ3v) is 7.36. The minimum atomic E-state index is -6.92. The highest BCUT2D eigenvalue weighted by molar-refractivity contribution is 14.1. The Labute approximate surface area is 255 Å². The van der Waals surface area contributed by atoms with Gasteiger partial charge < -0.3 is 10.6 Å². The van der Waals surface area contributed by atoms with Gasteiger partial charge in [0.05, 0.1) is 22.5 Å². The van der Waals surface area contributed by atoms with E-state index >= 15 is 4.39 Å². The van der Waals surface area contributed by atoms with E-state index in [1.807, 2.05) is 0 Å². The van der Waals surface area contributed by atoms with Crippen molar-refractivity contribution in [1.82, 2.24) is 4.98 Å². The van der Waals surface area contributed by atoms with Gasteiger partial charge in [-0.3, -0.25) is 9.59 Å². The minimum absolute atomic E-state index is 0.0517. The zero-order chi connectivity index (χ0) is 31.1. The molecular weight excluding hydrogens is 830 g/mol. The van der Waals surface area contributed by atoms with Crippen molar-refractivity contribution < 1.29 is 53.5 Å². The number of hydrogen-bond acceptors (Lipinski definition) is 3. The van der Waals surface area contributed by atoms with Crippen LogP contribution in [-0.2, 0) is 5.67 Å². The van der Waals surface area contributed by atoms with Crippen LogP contribution in [0.1, 0.15) is 26.3 Å². The molecule has 1 aromatic heterocycles. The first kappa shape index (κ1) is 33.1. The smallest absolute Gasteiger partial charge is 0.320 e. The zero-order valence-corrected chi connectivity index (χ0v) is 24.4. The number of amides is 2. The molecule has 0 saturated carbocycles. The maximum absolute atomic E-state index is 15.1. The summed E-state index contributed by atoms with van der Waals surface area (Å²) in [5, 5.41) is 4.07. The van der Waals surface area contributed by atoms with Gasteiger partial charge in [-0.05, 0) is 81.6 Å². The maximum atomic E-state index is 15.1. The van der Waals surface area contributed by atoms with Crippen LogP contribution in [0.15, 0.2) is 48.7 Å². The SMILES string of the molecule is O=C(Nc1cccc(C(=O)Nc2c(I)cc(C(F)(C(F)(F)F)C(F)(F)C(F)(F)F)cc2I)c1F)c1cccnc1Cl. The number of nitrogens with one attached hydrogen (secondary N) is 2. The number of carbonyl (C=O) groups is 2. The highest BCUT2D eigenvalue weighted by atomic mass is 127. The molecule has 3 aromatic rings. The number of alkyl halides is 9. The number of benzene rings is 2. The highest BCUT2D eigenvalue weighted by Gasteiger charge is 2.81. The lowest BCUT2D eigenvalue weighted by atomic mass is 9.87. The van der Waals surface area contributed by atoms with Crippen molar-refractivity contribution in [2.24, 2.45) is 0 Å². The molecule has 0 aliphatic carbocycles. The lowest BCUT2D eigenvalue weighted by Gasteiger charge is -2.36. The number of rotatable bonds is 6. The van der Waals surface area contributed by atoms with Gasteiger partial charge in [-0.25, -0.2) is 13.8 Å². The van der Waals surface area contributed by atoms with E-state index in [0.717, 1.165) is 18.2 Å². The summed E-state index contributed by atoms with van der Waals surface area (Å²) in [6.07, 6.45) is -12.3. The summed E-state index contributed by atoms with van der Waals surface area (Å²) < 4.78 is 135. The van der Waals surface area contributed by atoms with Crippen molar-refractivity contribution in [3.8, 4) is 0 Å². The lowest BCUT2D eigenvalue weighted by Crippen LogP contribution is -2.59. The first-order valence-corrected chi connectivity index (χ1v) is 13.0. The Morgan fingerprint density at radius 1 is 0.780 bits per heavy atom. The van der Waals surface area contributed by atoms with Gasteiger partial charge in [0.25, 0.3) is 11.8 Å². The molecule has 0 aliphatic heterocycles. The molecule has 0 spiro atoms. The number of aromatic nitrogens is 1. The van der Waals surface area contributed by atoms with Gasteiger partial charge in [-0.2, -0.15) is 35.1 Å². The van der Waals surface area contributed by atoms with Crippen LogP contribution in [0.3, 0.4) is 0 Å². The maximum Gasteiger partial charge on any atom is 0.457 e. The van der Waals surface area contributed by atoms with Gasteiger partial charge in [-0.1, -0.05) is 17.7 Å². The molecule has 5 nitrogen and oxygen atoms in total. The summed E-state index contributed by atoms with van der Waals surface area (Å²) in [5.74, 6) is -10.3. The Hall–Kier alpha value is -2.42. The van der Waals surface area contributed by atoms with E-state index in [2.05, 4.69) is 15.6 Å². The summed E-state index contributed by atoms with van der Waals surface area (Å²) >= 11 is 8.17. The number of nitrogens with zero attached hydrogens (tertiary/aromatic N) is 1. The van der Waals surface area contributed by atoms with Gasteiger partial charge in [0, 0.05) is 18.9 Å². The third-order valence-electron chi connectivity index (χ3n) is 5.35. The van der Waals surface area contributed by atoms with Crippen molar-refractivity contribution >= 4 is 80.0 Å². The van der Waals surface area contributed by atoms with Gasteiger partial charge >= 0.3 is 23.9 Å². The first-order chi connectivity index (χ1) is 18.7. The van der Waals surface area contributed by atoms with Crippen LogP contribution >= 0.6 is 56.8 Å². The second-order valence-electron chi connectivity index (χ2n) is 7.96. The van der Waals surface area contributed by atoms with Crippen LogP contribution in [0.4, 0.5) is 55.3 Å². The number of pyridine rings is 1. The second-order valence-corrected chi connectivity index (χ2v) is 10.6. The molecular formula is C23H10ClF10I2N3O2. The minimum Gasteiger partial charge on any atom is -0.320 e. The largest absolute Gasteiger partial charge is 0.457 e. The first-order valence-electron chi connectivity index (χ1n) is 10.5. The molecule has 2 amide bonds. The van der Waals surface area contributed by atoms with Gasteiger partial charge in [-0.15, -0.1) is 0 Å². The Balaban J connectivity index is 1.97. The fraction of sp³-hybridized carbons (Fsp3) is 0.174. The molecule has 1 heterocycles. The topological polar surface area (TPSA) is 71.1 Å². The fourth-order valence-electron chi connectivity index (χ4n) is 3.34. The van der Waals surface area contributed by atoms with Gasteiger partial charge in [0.1, 0.15) is 5.15 Å². The molecule has 220 valence electrons. The van der Waals surface area contributed by atoms with Crippen LogP contribution in [0.2, 0.25) is 5.15 Å². The van der Waals surface area contributed by atoms with Crippen LogP contribution in [0.25, 0.3) is 0 Å². The second kappa shape index (κ2) is 11.7. The van der Waals surface area contributed by atoms with Crippen molar-refractivity contribution in [3.63, 3.8) is 0 Å². The summed E-state index contributed by atoms with van der Waals surface area (Å²) in [6, 6.07) is 5.94. The average molecular weight is 840 g/mol. The van der Waals surface area contributed by atoms with Crippen molar-refractivity contribution in [2.75, 3.05) is 10.6 Å².